The Morgan fingerprint density at radius 2 is 2.10 bits per heavy atom. The Bertz CT molecular complexity index is 673. The molecule has 102 valence electrons. The van der Waals surface area contributed by atoms with Gasteiger partial charge in [0.2, 0.25) is 0 Å². The summed E-state index contributed by atoms with van der Waals surface area (Å²) in [6.45, 7) is 0. The van der Waals surface area contributed by atoms with Gasteiger partial charge in [-0.1, -0.05) is 0 Å². The van der Waals surface area contributed by atoms with Crippen LogP contribution in [0.1, 0.15) is 10.4 Å². The highest BCUT2D eigenvalue weighted by atomic mass is 19.1. The molecule has 0 radical (unpaired) electrons. The van der Waals surface area contributed by atoms with Crippen molar-refractivity contribution in [1.29, 1.82) is 0 Å². The van der Waals surface area contributed by atoms with Gasteiger partial charge in [0.05, 0.1) is 16.2 Å². The third-order valence-corrected chi connectivity index (χ3v) is 2.46. The van der Waals surface area contributed by atoms with Gasteiger partial charge in [0.25, 0.3) is 11.6 Å². The summed E-state index contributed by atoms with van der Waals surface area (Å²) in [4.78, 5) is 25.5. The maximum Gasteiger partial charge on any atom is 0.271 e. The molecule has 0 aliphatic carbocycles. The number of nitro benzene ring substituents is 1. The molecule has 1 amide bonds. The molecule has 0 saturated carbocycles. The van der Waals surface area contributed by atoms with Gasteiger partial charge in [-0.15, -0.1) is 0 Å². The van der Waals surface area contributed by atoms with Crippen molar-refractivity contribution < 1.29 is 14.1 Å². The van der Waals surface area contributed by atoms with Crippen LogP contribution in [-0.2, 0) is 0 Å². The Balaban J connectivity index is 2.25. The number of benzene rings is 1. The molecular weight excluding hydrogens is 267 g/mol. The van der Waals surface area contributed by atoms with E-state index in [1.807, 2.05) is 0 Å². The van der Waals surface area contributed by atoms with E-state index in [2.05, 4.69) is 10.3 Å². The van der Waals surface area contributed by atoms with Crippen LogP contribution >= 0.6 is 0 Å². The molecule has 0 atom stereocenters. The van der Waals surface area contributed by atoms with E-state index < -0.39 is 16.6 Å². The molecule has 1 heterocycles. The molecule has 8 heteroatoms. The second-order valence-corrected chi connectivity index (χ2v) is 3.85. The first kappa shape index (κ1) is 13.4. The van der Waals surface area contributed by atoms with Crippen molar-refractivity contribution in [3.05, 3.63) is 58.0 Å². The molecule has 2 aromatic rings. The summed E-state index contributed by atoms with van der Waals surface area (Å²) in [6, 6.07) is 5.69. The fourth-order valence-corrected chi connectivity index (χ4v) is 1.46. The van der Waals surface area contributed by atoms with Crippen LogP contribution in [-0.4, -0.2) is 15.8 Å². The van der Waals surface area contributed by atoms with E-state index in [1.165, 1.54) is 18.3 Å². The molecule has 0 aliphatic rings. The fraction of sp³-hybridized carbons (Fsp3) is 0. The molecule has 1 aromatic heterocycles. The predicted octanol–water partition coefficient (Wildman–Crippen LogP) is 1.96. The van der Waals surface area contributed by atoms with Crippen molar-refractivity contribution in [2.75, 3.05) is 11.1 Å². The lowest BCUT2D eigenvalue weighted by Crippen LogP contribution is -2.13. The Labute approximate surface area is 112 Å². The van der Waals surface area contributed by atoms with Crippen LogP contribution in [0.25, 0.3) is 0 Å². The Morgan fingerprint density at radius 3 is 2.70 bits per heavy atom. The molecule has 1 aromatic carbocycles. The number of non-ortho nitro benzene ring substituents is 1. The quantitative estimate of drug-likeness (QED) is 0.657. The summed E-state index contributed by atoms with van der Waals surface area (Å²) in [5.74, 6) is -1.17. The van der Waals surface area contributed by atoms with Crippen LogP contribution in [0.5, 0.6) is 0 Å². The van der Waals surface area contributed by atoms with E-state index in [0.717, 1.165) is 18.2 Å². The second kappa shape index (κ2) is 5.31. The number of carbonyl (C=O) groups is 1. The van der Waals surface area contributed by atoms with Crippen molar-refractivity contribution >= 4 is 23.1 Å². The maximum absolute atomic E-state index is 13.5. The number of nitrogen functional groups attached to an aromatic ring is 1. The van der Waals surface area contributed by atoms with Crippen LogP contribution in [0, 0.1) is 15.9 Å². The number of hydrogen-bond acceptors (Lipinski definition) is 5. The smallest absolute Gasteiger partial charge is 0.271 e. The highest BCUT2D eigenvalue weighted by Crippen LogP contribution is 2.21. The zero-order valence-electron chi connectivity index (χ0n) is 10.0. The second-order valence-electron chi connectivity index (χ2n) is 3.85. The molecule has 20 heavy (non-hydrogen) atoms. The summed E-state index contributed by atoms with van der Waals surface area (Å²) >= 11 is 0. The molecule has 0 aliphatic heterocycles. The van der Waals surface area contributed by atoms with Gasteiger partial charge >= 0.3 is 0 Å². The lowest BCUT2D eigenvalue weighted by Gasteiger charge is -2.06. The van der Waals surface area contributed by atoms with Crippen molar-refractivity contribution in [3.8, 4) is 0 Å². The SMILES string of the molecule is Nc1ccc(C(=O)Nc2cc([N+](=O)[O-])ccc2F)cn1. The lowest BCUT2D eigenvalue weighted by atomic mass is 10.2. The van der Waals surface area contributed by atoms with Crippen molar-refractivity contribution in [1.82, 2.24) is 4.98 Å². The summed E-state index contributed by atoms with van der Waals surface area (Å²) in [7, 11) is 0. The minimum atomic E-state index is -0.771. The van der Waals surface area contributed by atoms with Gasteiger partial charge in [0.1, 0.15) is 11.6 Å². The predicted molar refractivity (Wildman–Crippen MR) is 69.7 cm³/mol. The van der Waals surface area contributed by atoms with Crippen molar-refractivity contribution in [3.63, 3.8) is 0 Å². The number of nitrogens with two attached hydrogens (primary N) is 1. The number of nitrogens with zero attached hydrogens (tertiary/aromatic N) is 2. The standard InChI is InChI=1S/C12H9FN4O3/c13-9-3-2-8(17(19)20)5-10(9)16-12(18)7-1-4-11(14)15-6-7/h1-6H,(H2,14,15)(H,16,18). The molecule has 0 unspecified atom stereocenters. The zero-order valence-corrected chi connectivity index (χ0v) is 10.0. The minimum absolute atomic E-state index is 0.158. The Kier molecular flexibility index (Phi) is 3.56. The number of anilines is 2. The van der Waals surface area contributed by atoms with E-state index in [9.17, 15) is 19.3 Å². The number of pyridine rings is 1. The lowest BCUT2D eigenvalue weighted by molar-refractivity contribution is -0.384. The van der Waals surface area contributed by atoms with Gasteiger partial charge in [0, 0.05) is 18.3 Å². The average Bonchev–Trinajstić information content (AvgIpc) is 2.41. The van der Waals surface area contributed by atoms with E-state index in [1.54, 1.807) is 0 Å². The zero-order chi connectivity index (χ0) is 14.7. The van der Waals surface area contributed by atoms with E-state index >= 15 is 0 Å². The molecule has 0 bridgehead atoms. The number of rotatable bonds is 3. The Hall–Kier alpha value is -3.03. The topological polar surface area (TPSA) is 111 Å². The van der Waals surface area contributed by atoms with Crippen molar-refractivity contribution in [2.45, 2.75) is 0 Å². The van der Waals surface area contributed by atoms with E-state index in [4.69, 9.17) is 5.73 Å². The Morgan fingerprint density at radius 1 is 1.35 bits per heavy atom. The van der Waals surface area contributed by atoms with Crippen LogP contribution in [0.2, 0.25) is 0 Å². The maximum atomic E-state index is 13.5. The largest absolute Gasteiger partial charge is 0.384 e. The number of nitrogens with one attached hydrogen (secondary N) is 1. The molecule has 0 saturated heterocycles. The first-order chi connectivity index (χ1) is 9.47. The van der Waals surface area contributed by atoms with Gasteiger partial charge in [-0.25, -0.2) is 9.37 Å². The molecular formula is C12H9FN4O3. The highest BCUT2D eigenvalue weighted by Gasteiger charge is 2.14. The number of hydrogen-bond donors (Lipinski definition) is 2. The first-order valence-corrected chi connectivity index (χ1v) is 5.44. The number of carbonyl (C=O) groups excluding carboxylic acids is 1. The van der Waals surface area contributed by atoms with Crippen molar-refractivity contribution in [2.24, 2.45) is 0 Å². The number of aromatic nitrogens is 1. The molecule has 3 N–H and O–H groups in total. The normalized spacial score (nSPS) is 10.1. The van der Waals surface area contributed by atoms with Gasteiger partial charge in [-0.3, -0.25) is 14.9 Å². The molecule has 7 nitrogen and oxygen atoms in total. The summed E-state index contributed by atoms with van der Waals surface area (Å²) < 4.78 is 13.5. The summed E-state index contributed by atoms with van der Waals surface area (Å²) in [5, 5.41) is 12.8. The monoisotopic (exact) mass is 276 g/mol. The van der Waals surface area contributed by atoms with Gasteiger partial charge in [-0.05, 0) is 18.2 Å². The number of amides is 1. The van der Waals surface area contributed by atoms with E-state index in [0.29, 0.717) is 0 Å². The molecule has 0 spiro atoms. The van der Waals surface area contributed by atoms with Gasteiger partial charge in [0.15, 0.2) is 0 Å². The summed E-state index contributed by atoms with van der Waals surface area (Å²) in [5.41, 5.74) is 4.94. The third kappa shape index (κ3) is 2.86. The molecule has 0 fully saturated rings. The van der Waals surface area contributed by atoms with Crippen LogP contribution in [0.15, 0.2) is 36.5 Å². The average molecular weight is 276 g/mol. The van der Waals surface area contributed by atoms with Crippen LogP contribution < -0.4 is 11.1 Å². The summed E-state index contributed by atoms with van der Waals surface area (Å²) in [6.07, 6.45) is 1.22. The van der Waals surface area contributed by atoms with Gasteiger partial charge in [-0.2, -0.15) is 0 Å². The number of halogens is 1. The minimum Gasteiger partial charge on any atom is -0.384 e. The van der Waals surface area contributed by atoms with E-state index in [-0.39, 0.29) is 22.8 Å². The number of nitro groups is 1. The van der Waals surface area contributed by atoms with Gasteiger partial charge < -0.3 is 11.1 Å². The first-order valence-electron chi connectivity index (χ1n) is 5.44. The van der Waals surface area contributed by atoms with Crippen LogP contribution in [0.3, 0.4) is 0 Å². The fourth-order valence-electron chi connectivity index (χ4n) is 1.46. The van der Waals surface area contributed by atoms with Crippen LogP contribution in [0.4, 0.5) is 21.6 Å². The molecule has 2 rings (SSSR count). The third-order valence-electron chi connectivity index (χ3n) is 2.46. The highest BCUT2D eigenvalue weighted by molar-refractivity contribution is 6.04.